The van der Waals surface area contributed by atoms with Gasteiger partial charge in [-0.05, 0) is 18.2 Å². The van der Waals surface area contributed by atoms with Crippen LogP contribution in [0.2, 0.25) is 0 Å². The third-order valence-corrected chi connectivity index (χ3v) is 2.93. The zero-order valence-electron chi connectivity index (χ0n) is 11.3. The molecule has 0 atom stereocenters. The minimum absolute atomic E-state index is 0.0493. The third kappa shape index (κ3) is 3.00. The highest BCUT2D eigenvalue weighted by atomic mass is 19.1. The molecule has 2 rings (SSSR count). The molecule has 21 heavy (non-hydrogen) atoms. The van der Waals surface area contributed by atoms with Crippen LogP contribution in [0.5, 0.6) is 11.5 Å². The van der Waals surface area contributed by atoms with Gasteiger partial charge < -0.3 is 9.47 Å². The van der Waals surface area contributed by atoms with Gasteiger partial charge in [0, 0.05) is 5.56 Å². The van der Waals surface area contributed by atoms with Gasteiger partial charge in [-0.15, -0.1) is 0 Å². The average Bonchev–Trinajstić information content (AvgIpc) is 2.53. The Labute approximate surface area is 121 Å². The van der Waals surface area contributed by atoms with Gasteiger partial charge in [0.05, 0.1) is 18.2 Å². The highest BCUT2D eigenvalue weighted by Gasteiger charge is 2.13. The number of aldehydes is 1. The first-order valence-electron chi connectivity index (χ1n) is 6.13. The van der Waals surface area contributed by atoms with Gasteiger partial charge in [0.2, 0.25) is 0 Å². The lowest BCUT2D eigenvalue weighted by atomic mass is 10.1. The Balaban J connectivity index is 2.29. The second-order valence-electron chi connectivity index (χ2n) is 4.18. The van der Waals surface area contributed by atoms with E-state index < -0.39 is 5.82 Å². The summed E-state index contributed by atoms with van der Waals surface area (Å²) in [6.45, 7) is -0.109. The second kappa shape index (κ2) is 6.53. The molecule has 106 valence electrons. The van der Waals surface area contributed by atoms with E-state index in [9.17, 15) is 9.18 Å². The first-order valence-corrected chi connectivity index (χ1v) is 6.13. The zero-order valence-corrected chi connectivity index (χ0v) is 11.3. The summed E-state index contributed by atoms with van der Waals surface area (Å²) in [7, 11) is 1.45. The van der Waals surface area contributed by atoms with Crippen LogP contribution in [0, 0.1) is 17.1 Å². The maximum absolute atomic E-state index is 13.9. The molecule has 0 heterocycles. The van der Waals surface area contributed by atoms with E-state index in [1.165, 1.54) is 19.2 Å². The first kappa shape index (κ1) is 14.5. The van der Waals surface area contributed by atoms with Crippen molar-refractivity contribution in [3.63, 3.8) is 0 Å². The molecule has 2 aromatic carbocycles. The number of nitrogens with zero attached hydrogens (tertiary/aromatic N) is 1. The molecule has 4 nitrogen and oxygen atoms in total. The summed E-state index contributed by atoms with van der Waals surface area (Å²) in [6, 6.07) is 11.1. The Morgan fingerprint density at radius 3 is 2.71 bits per heavy atom. The Hall–Kier alpha value is -2.87. The van der Waals surface area contributed by atoms with Gasteiger partial charge in [-0.2, -0.15) is 5.26 Å². The largest absolute Gasteiger partial charge is 0.493 e. The molecule has 0 bridgehead atoms. The van der Waals surface area contributed by atoms with E-state index in [2.05, 4.69) is 0 Å². The number of carbonyl (C=O) groups is 1. The molecule has 0 unspecified atom stereocenters. The molecule has 0 saturated carbocycles. The fourth-order valence-electron chi connectivity index (χ4n) is 1.87. The first-order chi connectivity index (χ1) is 10.2. The standard InChI is InChI=1S/C16H12FNO3/c1-20-14-7-3-5-12(9-19)16(14)21-10-13-6-2-4-11(8-18)15(13)17/h2-7,9H,10H2,1H3. The quantitative estimate of drug-likeness (QED) is 0.792. The molecule has 0 spiro atoms. The van der Waals surface area contributed by atoms with Gasteiger partial charge in [0.25, 0.3) is 0 Å². The smallest absolute Gasteiger partial charge is 0.172 e. The molecule has 2 aromatic rings. The van der Waals surface area contributed by atoms with Crippen LogP contribution in [0.3, 0.4) is 0 Å². The summed E-state index contributed by atoms with van der Waals surface area (Å²) in [6.07, 6.45) is 0.639. The van der Waals surface area contributed by atoms with Crippen molar-refractivity contribution in [3.05, 3.63) is 58.9 Å². The van der Waals surface area contributed by atoms with Crippen LogP contribution in [-0.2, 0) is 6.61 Å². The van der Waals surface area contributed by atoms with Crippen molar-refractivity contribution in [1.82, 2.24) is 0 Å². The van der Waals surface area contributed by atoms with Crippen molar-refractivity contribution in [2.75, 3.05) is 7.11 Å². The summed E-state index contributed by atoms with van der Waals surface area (Å²) < 4.78 is 24.6. The van der Waals surface area contributed by atoms with E-state index in [4.69, 9.17) is 14.7 Å². The molecule has 0 amide bonds. The van der Waals surface area contributed by atoms with Crippen LogP contribution in [0.15, 0.2) is 36.4 Å². The van der Waals surface area contributed by atoms with Crippen molar-refractivity contribution in [2.45, 2.75) is 6.61 Å². The molecular weight excluding hydrogens is 273 g/mol. The summed E-state index contributed by atoms with van der Waals surface area (Å²) in [5, 5.41) is 8.80. The Kier molecular flexibility index (Phi) is 4.52. The topological polar surface area (TPSA) is 59.3 Å². The molecule has 0 N–H and O–H groups in total. The Morgan fingerprint density at radius 1 is 1.29 bits per heavy atom. The van der Waals surface area contributed by atoms with Crippen LogP contribution in [0.1, 0.15) is 21.5 Å². The molecule has 0 aliphatic carbocycles. The predicted octanol–water partition coefficient (Wildman–Crippen LogP) is 3.10. The molecule has 0 fully saturated rings. The number of nitriles is 1. The SMILES string of the molecule is COc1cccc(C=O)c1OCc1cccc(C#N)c1F. The molecule has 0 aliphatic rings. The van der Waals surface area contributed by atoms with E-state index >= 15 is 0 Å². The lowest BCUT2D eigenvalue weighted by Gasteiger charge is -2.13. The molecule has 0 aliphatic heterocycles. The Bertz CT molecular complexity index is 707. The van der Waals surface area contributed by atoms with Crippen molar-refractivity contribution in [3.8, 4) is 17.6 Å². The van der Waals surface area contributed by atoms with Gasteiger partial charge in [-0.25, -0.2) is 4.39 Å². The maximum atomic E-state index is 13.9. The molecule has 0 radical (unpaired) electrons. The normalized spacial score (nSPS) is 9.76. The fraction of sp³-hybridized carbons (Fsp3) is 0.125. The minimum atomic E-state index is -0.623. The van der Waals surface area contributed by atoms with Crippen molar-refractivity contribution in [2.24, 2.45) is 0 Å². The van der Waals surface area contributed by atoms with Gasteiger partial charge in [-0.3, -0.25) is 4.79 Å². The van der Waals surface area contributed by atoms with E-state index in [0.29, 0.717) is 17.6 Å². The number of methoxy groups -OCH3 is 1. The van der Waals surface area contributed by atoms with Crippen LogP contribution < -0.4 is 9.47 Å². The number of para-hydroxylation sites is 1. The summed E-state index contributed by atoms with van der Waals surface area (Å²) in [5.74, 6) is 0.00996. The summed E-state index contributed by atoms with van der Waals surface area (Å²) >= 11 is 0. The predicted molar refractivity (Wildman–Crippen MR) is 73.8 cm³/mol. The average molecular weight is 285 g/mol. The fourth-order valence-corrected chi connectivity index (χ4v) is 1.87. The number of halogens is 1. The zero-order chi connectivity index (χ0) is 15.2. The number of carbonyl (C=O) groups excluding carboxylic acids is 1. The van der Waals surface area contributed by atoms with Gasteiger partial charge in [-0.1, -0.05) is 18.2 Å². The monoisotopic (exact) mass is 285 g/mol. The van der Waals surface area contributed by atoms with E-state index in [0.717, 1.165) is 0 Å². The van der Waals surface area contributed by atoms with E-state index in [1.807, 2.05) is 0 Å². The van der Waals surface area contributed by atoms with Crippen LogP contribution >= 0.6 is 0 Å². The van der Waals surface area contributed by atoms with Crippen LogP contribution in [0.25, 0.3) is 0 Å². The molecule has 0 saturated heterocycles. The van der Waals surface area contributed by atoms with Gasteiger partial charge >= 0.3 is 0 Å². The third-order valence-electron chi connectivity index (χ3n) is 2.93. The minimum Gasteiger partial charge on any atom is -0.493 e. The van der Waals surface area contributed by atoms with Crippen molar-refractivity contribution >= 4 is 6.29 Å². The van der Waals surface area contributed by atoms with Crippen LogP contribution in [-0.4, -0.2) is 13.4 Å². The summed E-state index contributed by atoms with van der Waals surface area (Å²) in [5.41, 5.74) is 0.495. The maximum Gasteiger partial charge on any atom is 0.172 e. The number of ether oxygens (including phenoxy) is 2. The highest BCUT2D eigenvalue weighted by molar-refractivity contribution is 5.81. The van der Waals surface area contributed by atoms with Crippen LogP contribution in [0.4, 0.5) is 4.39 Å². The van der Waals surface area contributed by atoms with Crippen molar-refractivity contribution < 1.29 is 18.7 Å². The Morgan fingerprint density at radius 2 is 2.05 bits per heavy atom. The highest BCUT2D eigenvalue weighted by Crippen LogP contribution is 2.31. The molecule has 0 aromatic heterocycles. The van der Waals surface area contributed by atoms with E-state index in [-0.39, 0.29) is 23.5 Å². The number of rotatable bonds is 5. The van der Waals surface area contributed by atoms with Crippen molar-refractivity contribution in [1.29, 1.82) is 5.26 Å². The number of hydrogen-bond acceptors (Lipinski definition) is 4. The lowest BCUT2D eigenvalue weighted by Crippen LogP contribution is -2.03. The molecular formula is C16H12FNO3. The molecule has 5 heteroatoms. The van der Waals surface area contributed by atoms with Gasteiger partial charge in [0.1, 0.15) is 18.5 Å². The summed E-state index contributed by atoms with van der Waals surface area (Å²) in [4.78, 5) is 11.0. The second-order valence-corrected chi connectivity index (χ2v) is 4.18. The number of hydrogen-bond donors (Lipinski definition) is 0. The lowest BCUT2D eigenvalue weighted by molar-refractivity contribution is 0.111. The van der Waals surface area contributed by atoms with E-state index in [1.54, 1.807) is 30.3 Å². The van der Waals surface area contributed by atoms with Gasteiger partial charge in [0.15, 0.2) is 17.8 Å². The number of benzene rings is 2.